The second-order valence-corrected chi connectivity index (χ2v) is 12.4. The molecule has 1 saturated heterocycles. The summed E-state index contributed by atoms with van der Waals surface area (Å²) in [5, 5.41) is 6.55. The molecular weight excluding hydrogens is 534 g/mol. The number of pyridine rings is 1. The minimum atomic E-state index is -0.537. The SMILES string of the molecule is C[C@H]1CNC2(CCCC2)C(=O)N1CC1CC1c1ccc2c(c1)C[C@H](C(=O)Nc1ccccn1)C2.Fc1cccc(F)c1. The van der Waals surface area contributed by atoms with Crippen molar-refractivity contribution in [2.45, 2.75) is 69.4 Å². The maximum absolute atomic E-state index is 13.4. The number of hydrogen-bond donors (Lipinski definition) is 2. The molecule has 1 spiro atoms. The molecule has 7 rings (SSSR count). The van der Waals surface area contributed by atoms with Crippen LogP contribution in [0.2, 0.25) is 0 Å². The first kappa shape index (κ1) is 28.5. The van der Waals surface area contributed by atoms with E-state index < -0.39 is 11.6 Å². The lowest BCUT2D eigenvalue weighted by molar-refractivity contribution is -0.144. The van der Waals surface area contributed by atoms with Crippen molar-refractivity contribution in [3.05, 3.63) is 95.2 Å². The number of benzene rings is 2. The van der Waals surface area contributed by atoms with Crippen LogP contribution in [-0.4, -0.2) is 46.4 Å². The summed E-state index contributed by atoms with van der Waals surface area (Å²) in [6.07, 6.45) is 8.71. The molecule has 2 N–H and O–H groups in total. The summed E-state index contributed by atoms with van der Waals surface area (Å²) in [5.41, 5.74) is 3.69. The molecule has 0 radical (unpaired) electrons. The molecule has 4 atom stereocenters. The number of fused-ring (bicyclic) bond motifs is 1. The number of piperazine rings is 1. The molecule has 3 aromatic rings. The zero-order chi connectivity index (χ0) is 29.3. The van der Waals surface area contributed by atoms with Crippen LogP contribution in [0.15, 0.2) is 66.9 Å². The second-order valence-electron chi connectivity index (χ2n) is 12.4. The highest BCUT2D eigenvalue weighted by molar-refractivity contribution is 5.92. The molecule has 1 aromatic heterocycles. The lowest BCUT2D eigenvalue weighted by Gasteiger charge is -2.44. The molecule has 2 saturated carbocycles. The minimum Gasteiger partial charge on any atom is -0.337 e. The summed E-state index contributed by atoms with van der Waals surface area (Å²) in [7, 11) is 0. The summed E-state index contributed by atoms with van der Waals surface area (Å²) >= 11 is 0. The van der Waals surface area contributed by atoms with Crippen molar-refractivity contribution < 1.29 is 18.4 Å². The van der Waals surface area contributed by atoms with Gasteiger partial charge in [-0.05, 0) is 91.8 Å². The van der Waals surface area contributed by atoms with Gasteiger partial charge in [-0.15, -0.1) is 0 Å². The van der Waals surface area contributed by atoms with Crippen molar-refractivity contribution in [2.75, 3.05) is 18.4 Å². The van der Waals surface area contributed by atoms with E-state index in [9.17, 15) is 18.4 Å². The third kappa shape index (κ3) is 6.09. The van der Waals surface area contributed by atoms with Crippen LogP contribution in [-0.2, 0) is 22.4 Å². The number of rotatable bonds is 5. The fourth-order valence-corrected chi connectivity index (χ4v) is 6.93. The molecule has 8 heteroatoms. The van der Waals surface area contributed by atoms with Crippen molar-refractivity contribution >= 4 is 17.6 Å². The lowest BCUT2D eigenvalue weighted by Crippen LogP contribution is -2.66. The van der Waals surface area contributed by atoms with Gasteiger partial charge in [0.15, 0.2) is 0 Å². The quantitative estimate of drug-likeness (QED) is 0.415. The van der Waals surface area contributed by atoms with Gasteiger partial charge in [0.25, 0.3) is 0 Å². The van der Waals surface area contributed by atoms with E-state index in [4.69, 9.17) is 0 Å². The highest BCUT2D eigenvalue weighted by atomic mass is 19.1. The van der Waals surface area contributed by atoms with Crippen LogP contribution >= 0.6 is 0 Å². The number of nitrogens with one attached hydrogen (secondary N) is 2. The Morgan fingerprint density at radius 2 is 1.79 bits per heavy atom. The molecule has 3 fully saturated rings. The van der Waals surface area contributed by atoms with Crippen molar-refractivity contribution in [2.24, 2.45) is 11.8 Å². The molecular formula is C34H38F2N4O2. The number of carbonyl (C=O) groups is 2. The van der Waals surface area contributed by atoms with Crippen LogP contribution in [0.5, 0.6) is 0 Å². The zero-order valence-corrected chi connectivity index (χ0v) is 24.0. The molecule has 4 aliphatic rings. The molecule has 1 aliphatic heterocycles. The molecule has 2 aromatic carbocycles. The van der Waals surface area contributed by atoms with Crippen LogP contribution in [0.25, 0.3) is 0 Å². The lowest BCUT2D eigenvalue weighted by atomic mass is 9.91. The van der Waals surface area contributed by atoms with Crippen molar-refractivity contribution in [1.29, 1.82) is 0 Å². The maximum Gasteiger partial charge on any atom is 0.243 e. The monoisotopic (exact) mass is 572 g/mol. The first-order chi connectivity index (χ1) is 20.3. The Morgan fingerprint density at radius 3 is 2.48 bits per heavy atom. The fourth-order valence-electron chi connectivity index (χ4n) is 6.93. The number of anilines is 1. The molecule has 2 amide bonds. The summed E-state index contributed by atoms with van der Waals surface area (Å²) in [5.74, 6) is 0.963. The summed E-state index contributed by atoms with van der Waals surface area (Å²) < 4.78 is 23.9. The molecule has 2 heterocycles. The Balaban J connectivity index is 0.000000343. The van der Waals surface area contributed by atoms with Crippen LogP contribution in [0.1, 0.15) is 61.6 Å². The van der Waals surface area contributed by atoms with Gasteiger partial charge in [-0.25, -0.2) is 13.8 Å². The number of carbonyl (C=O) groups excluding carboxylic acids is 2. The highest BCUT2D eigenvalue weighted by Crippen LogP contribution is 2.49. The third-order valence-electron chi connectivity index (χ3n) is 9.41. The van der Waals surface area contributed by atoms with E-state index in [1.165, 1.54) is 34.9 Å². The standard InChI is InChI=1S/C28H34N4O2.C6H4F2/c1-18-16-30-28(9-3-4-10-28)27(34)32(18)17-23-15-24(23)20-8-7-19-12-22(14-21(19)13-20)26(33)31-25-6-2-5-11-29-25;7-5-2-1-3-6(8)4-5/h2,5-8,11,13,18,22-24,30H,3-4,9-10,12,14-17H2,1H3,(H,29,31,33);1-4H/t18-,22+,23?,24?;/m0./s1. The van der Waals surface area contributed by atoms with Crippen LogP contribution in [0.3, 0.4) is 0 Å². The smallest absolute Gasteiger partial charge is 0.243 e. The van der Waals surface area contributed by atoms with E-state index in [1.807, 2.05) is 18.2 Å². The predicted octanol–water partition coefficient (Wildman–Crippen LogP) is 5.64. The van der Waals surface area contributed by atoms with Gasteiger partial charge in [0.2, 0.25) is 11.8 Å². The van der Waals surface area contributed by atoms with Gasteiger partial charge >= 0.3 is 0 Å². The van der Waals surface area contributed by atoms with Gasteiger partial charge < -0.3 is 15.5 Å². The van der Waals surface area contributed by atoms with Crippen molar-refractivity contribution in [3.63, 3.8) is 0 Å². The number of hydrogen-bond acceptors (Lipinski definition) is 4. The number of aromatic nitrogens is 1. The van der Waals surface area contributed by atoms with Crippen molar-refractivity contribution in [1.82, 2.24) is 15.2 Å². The van der Waals surface area contributed by atoms with E-state index in [2.05, 4.69) is 45.6 Å². The van der Waals surface area contributed by atoms with Gasteiger partial charge in [0.1, 0.15) is 17.5 Å². The third-order valence-corrected chi connectivity index (χ3v) is 9.41. The second kappa shape index (κ2) is 11.9. The van der Waals surface area contributed by atoms with Gasteiger partial charge in [0.05, 0.1) is 5.54 Å². The van der Waals surface area contributed by atoms with Crippen LogP contribution in [0, 0.1) is 23.5 Å². The Bertz CT molecular complexity index is 1430. The van der Waals surface area contributed by atoms with Crippen molar-refractivity contribution in [3.8, 4) is 0 Å². The number of halogens is 2. The summed E-state index contributed by atoms with van der Waals surface area (Å²) in [6.45, 7) is 3.96. The molecule has 3 aliphatic carbocycles. The zero-order valence-electron chi connectivity index (χ0n) is 24.0. The number of nitrogens with zero attached hydrogens (tertiary/aromatic N) is 2. The van der Waals surface area contributed by atoms with E-state index in [1.54, 1.807) is 6.20 Å². The summed E-state index contributed by atoms with van der Waals surface area (Å²) in [6, 6.07) is 17.2. The van der Waals surface area contributed by atoms with E-state index in [-0.39, 0.29) is 23.4 Å². The van der Waals surface area contributed by atoms with E-state index in [0.717, 1.165) is 64.1 Å². The highest BCUT2D eigenvalue weighted by Gasteiger charge is 2.50. The fraction of sp³-hybridized carbons (Fsp3) is 0.441. The molecule has 6 nitrogen and oxygen atoms in total. The molecule has 220 valence electrons. The van der Waals surface area contributed by atoms with E-state index >= 15 is 0 Å². The van der Waals surface area contributed by atoms with Gasteiger partial charge in [-0.3, -0.25) is 9.59 Å². The Labute approximate surface area is 245 Å². The topological polar surface area (TPSA) is 74.3 Å². The summed E-state index contributed by atoms with van der Waals surface area (Å²) in [4.78, 5) is 32.5. The number of amides is 2. The van der Waals surface area contributed by atoms with E-state index in [0.29, 0.717) is 23.6 Å². The van der Waals surface area contributed by atoms with Gasteiger partial charge in [0, 0.05) is 37.3 Å². The first-order valence-electron chi connectivity index (χ1n) is 15.1. The Hall–Kier alpha value is -3.65. The Morgan fingerprint density at radius 1 is 1.02 bits per heavy atom. The average molecular weight is 573 g/mol. The average Bonchev–Trinajstić information content (AvgIpc) is 3.36. The van der Waals surface area contributed by atoms with Gasteiger partial charge in [-0.2, -0.15) is 0 Å². The molecule has 42 heavy (non-hydrogen) atoms. The predicted molar refractivity (Wildman–Crippen MR) is 158 cm³/mol. The normalized spacial score (nSPS) is 25.5. The molecule has 0 bridgehead atoms. The molecule has 2 unspecified atom stereocenters. The van der Waals surface area contributed by atoms with Crippen LogP contribution in [0.4, 0.5) is 14.6 Å². The minimum absolute atomic E-state index is 0.0378. The Kier molecular flexibility index (Phi) is 8.08. The largest absolute Gasteiger partial charge is 0.337 e. The maximum atomic E-state index is 13.4. The van der Waals surface area contributed by atoms with Crippen LogP contribution < -0.4 is 10.6 Å². The van der Waals surface area contributed by atoms with Gasteiger partial charge in [-0.1, -0.05) is 43.2 Å². The first-order valence-corrected chi connectivity index (χ1v) is 15.1.